The largest absolute Gasteiger partial charge is 0.0836 e. The van der Waals surface area contributed by atoms with Crippen LogP contribution in [-0.4, -0.2) is 0 Å². The summed E-state index contributed by atoms with van der Waals surface area (Å²) in [5.41, 5.74) is 7.55. The average Bonchev–Trinajstić information content (AvgIpc) is 2.92. The number of aryl methyl sites for hydroxylation is 1. The Bertz CT molecular complexity index is 453. The molecule has 2 aliphatic carbocycles. The molecule has 3 rings (SSSR count). The molecule has 0 fully saturated rings. The summed E-state index contributed by atoms with van der Waals surface area (Å²) in [5, 5.41) is 0. The van der Waals surface area contributed by atoms with E-state index in [2.05, 4.69) is 37.3 Å². The molecule has 100 valence electrons. The Morgan fingerprint density at radius 1 is 0.944 bits per heavy atom. The van der Waals surface area contributed by atoms with Crippen LogP contribution in [0.3, 0.4) is 0 Å². The molecule has 0 heterocycles. The lowest BCUT2D eigenvalue weighted by Crippen LogP contribution is -2.02. The summed E-state index contributed by atoms with van der Waals surface area (Å²) < 4.78 is 0. The van der Waals surface area contributed by atoms with Gasteiger partial charge in [-0.2, -0.15) is 0 Å². The summed E-state index contributed by atoms with van der Waals surface area (Å²) in [6.45, 7) is 10.2. The minimum absolute atomic E-state index is 0. The van der Waals surface area contributed by atoms with Crippen LogP contribution in [0.2, 0.25) is 0 Å². The van der Waals surface area contributed by atoms with E-state index in [1.165, 1.54) is 29.5 Å². The molecule has 0 radical (unpaired) electrons. The lowest BCUT2D eigenvalue weighted by atomic mass is 9.87. The van der Waals surface area contributed by atoms with Crippen molar-refractivity contribution in [2.24, 2.45) is 0 Å². The Morgan fingerprint density at radius 2 is 1.67 bits per heavy atom. The van der Waals surface area contributed by atoms with Crippen molar-refractivity contribution in [2.75, 3.05) is 0 Å². The third-order valence-corrected chi connectivity index (χ3v) is 3.30. The quantitative estimate of drug-likeness (QED) is 0.539. The summed E-state index contributed by atoms with van der Waals surface area (Å²) in [6.07, 6.45) is 12.7. The first-order valence-electron chi connectivity index (χ1n) is 7.34. The van der Waals surface area contributed by atoms with E-state index in [-0.39, 0.29) is 1.43 Å². The van der Waals surface area contributed by atoms with Gasteiger partial charge in [0.05, 0.1) is 0 Å². The maximum Gasteiger partial charge on any atom is 0 e. The fourth-order valence-electron chi connectivity index (χ4n) is 2.61. The van der Waals surface area contributed by atoms with Crippen molar-refractivity contribution in [3.8, 4) is 0 Å². The molecule has 0 atom stereocenters. The highest BCUT2D eigenvalue weighted by Gasteiger charge is 2.16. The third kappa shape index (κ3) is 2.75. The molecule has 1 aromatic rings. The molecule has 0 N–H and O–H groups in total. The van der Waals surface area contributed by atoms with E-state index in [0.29, 0.717) is 0 Å². The van der Waals surface area contributed by atoms with Crippen molar-refractivity contribution in [2.45, 2.75) is 53.9 Å². The Morgan fingerprint density at radius 3 is 2.39 bits per heavy atom. The normalized spacial score (nSPS) is 13.8. The number of benzene rings is 1. The Hall–Kier alpha value is -1.30. The summed E-state index contributed by atoms with van der Waals surface area (Å²) in [6, 6.07) is 2.33. The van der Waals surface area contributed by atoms with Crippen LogP contribution in [0, 0.1) is 6.92 Å². The Labute approximate surface area is 114 Å². The predicted molar refractivity (Wildman–Crippen MR) is 86.1 cm³/mol. The van der Waals surface area contributed by atoms with E-state index in [0.717, 1.165) is 6.42 Å². The molecule has 2 aliphatic rings. The second-order valence-electron chi connectivity index (χ2n) is 4.20. The molecule has 0 bridgehead atoms. The monoisotopic (exact) mass is 244 g/mol. The fraction of sp³-hybridized carbons (Fsp3) is 0.444. The molecule has 0 spiro atoms. The summed E-state index contributed by atoms with van der Waals surface area (Å²) in [7, 11) is 0. The maximum absolute atomic E-state index is 2.33. The van der Waals surface area contributed by atoms with Crippen LogP contribution in [0.1, 0.15) is 63.4 Å². The number of rotatable bonds is 0. The molecule has 0 nitrogen and oxygen atoms in total. The molecule has 0 unspecified atom stereocenters. The average molecular weight is 244 g/mol. The minimum atomic E-state index is 0. The zero-order valence-corrected chi connectivity index (χ0v) is 12.5. The zero-order valence-electron chi connectivity index (χ0n) is 12.5. The molecule has 0 heteroatoms. The Balaban J connectivity index is 0.000000597. The molecule has 18 heavy (non-hydrogen) atoms. The first kappa shape index (κ1) is 14.8. The summed E-state index contributed by atoms with van der Waals surface area (Å²) in [4.78, 5) is 0. The van der Waals surface area contributed by atoms with Crippen molar-refractivity contribution >= 4 is 12.2 Å². The molecular formula is C18H28. The van der Waals surface area contributed by atoms with Crippen LogP contribution >= 0.6 is 0 Å². The van der Waals surface area contributed by atoms with Crippen molar-refractivity contribution in [1.29, 1.82) is 0 Å². The first-order valence-corrected chi connectivity index (χ1v) is 7.34. The van der Waals surface area contributed by atoms with E-state index in [9.17, 15) is 0 Å². The lowest BCUT2D eigenvalue weighted by molar-refractivity contribution is 0.957. The lowest BCUT2D eigenvalue weighted by Gasteiger charge is -2.17. The van der Waals surface area contributed by atoms with Gasteiger partial charge in [-0.3, -0.25) is 0 Å². The molecule has 1 aromatic carbocycles. The van der Waals surface area contributed by atoms with E-state index in [4.69, 9.17) is 0 Å². The summed E-state index contributed by atoms with van der Waals surface area (Å²) in [5.74, 6) is 0. The van der Waals surface area contributed by atoms with Crippen LogP contribution in [0.15, 0.2) is 18.2 Å². The number of hydrogen-bond donors (Lipinski definition) is 0. The van der Waals surface area contributed by atoms with Gasteiger partial charge in [0.2, 0.25) is 0 Å². The highest BCUT2D eigenvalue weighted by Crippen LogP contribution is 2.32. The fourth-order valence-corrected chi connectivity index (χ4v) is 2.61. The van der Waals surface area contributed by atoms with Crippen LogP contribution in [0.5, 0.6) is 0 Å². The van der Waals surface area contributed by atoms with E-state index >= 15 is 0 Å². The van der Waals surface area contributed by atoms with Gasteiger partial charge in [0.25, 0.3) is 0 Å². The van der Waals surface area contributed by atoms with Crippen molar-refractivity contribution < 1.29 is 1.43 Å². The predicted octanol–water partition coefficient (Wildman–Crippen LogP) is 5.82. The van der Waals surface area contributed by atoms with Crippen LogP contribution in [0.25, 0.3) is 12.2 Å². The van der Waals surface area contributed by atoms with Gasteiger partial charge in [0.1, 0.15) is 0 Å². The van der Waals surface area contributed by atoms with Gasteiger partial charge in [-0.25, -0.2) is 0 Å². The smallest absolute Gasteiger partial charge is 0 e. The first-order chi connectivity index (χ1) is 8.86. The molecular weight excluding hydrogens is 216 g/mol. The van der Waals surface area contributed by atoms with Crippen molar-refractivity contribution in [3.63, 3.8) is 0 Å². The van der Waals surface area contributed by atoms with Gasteiger partial charge in [0, 0.05) is 1.43 Å². The highest BCUT2D eigenvalue weighted by molar-refractivity contribution is 5.71. The van der Waals surface area contributed by atoms with Gasteiger partial charge < -0.3 is 0 Å². The SMILES string of the molecule is CC.CC.Cc1cc2c(c3c1C=CCC3)CC=C2.[HH]. The van der Waals surface area contributed by atoms with Crippen molar-refractivity contribution in [3.05, 3.63) is 46.0 Å². The molecule has 0 saturated heterocycles. The van der Waals surface area contributed by atoms with Gasteiger partial charge in [-0.1, -0.05) is 58.1 Å². The van der Waals surface area contributed by atoms with E-state index in [1.807, 2.05) is 27.7 Å². The van der Waals surface area contributed by atoms with E-state index in [1.54, 1.807) is 11.1 Å². The van der Waals surface area contributed by atoms with Crippen LogP contribution < -0.4 is 0 Å². The van der Waals surface area contributed by atoms with Crippen LogP contribution in [0.4, 0.5) is 0 Å². The molecule has 0 aliphatic heterocycles. The number of hydrogen-bond acceptors (Lipinski definition) is 0. The second-order valence-corrected chi connectivity index (χ2v) is 4.20. The van der Waals surface area contributed by atoms with E-state index < -0.39 is 0 Å². The van der Waals surface area contributed by atoms with Crippen LogP contribution in [-0.2, 0) is 12.8 Å². The number of fused-ring (bicyclic) bond motifs is 3. The third-order valence-electron chi connectivity index (χ3n) is 3.30. The Kier molecular flexibility index (Phi) is 5.91. The van der Waals surface area contributed by atoms with Gasteiger partial charge in [-0.15, -0.1) is 0 Å². The molecule has 0 saturated carbocycles. The minimum Gasteiger partial charge on any atom is -0.0836 e. The topological polar surface area (TPSA) is 0 Å². The highest BCUT2D eigenvalue weighted by atomic mass is 14.2. The number of allylic oxidation sites excluding steroid dienone is 2. The van der Waals surface area contributed by atoms with Gasteiger partial charge in [0.15, 0.2) is 0 Å². The standard InChI is InChI=1S/C14H14.2C2H6.H2/c1-10-9-11-5-4-8-13(11)14-7-3-2-6-12(10)14;2*1-2;/h2,4-6,9H,3,7-8H2,1H3;2*1-2H3;1H. The zero-order chi connectivity index (χ0) is 13.5. The second kappa shape index (κ2) is 7.20. The summed E-state index contributed by atoms with van der Waals surface area (Å²) >= 11 is 0. The van der Waals surface area contributed by atoms with Gasteiger partial charge in [-0.05, 0) is 54.0 Å². The van der Waals surface area contributed by atoms with Gasteiger partial charge >= 0.3 is 0 Å². The molecule has 0 aromatic heterocycles. The van der Waals surface area contributed by atoms with Crippen molar-refractivity contribution in [1.82, 2.24) is 0 Å². The molecule has 0 amide bonds. The maximum atomic E-state index is 2.33.